The van der Waals surface area contributed by atoms with Crippen LogP contribution in [0.5, 0.6) is 0 Å². The summed E-state index contributed by atoms with van der Waals surface area (Å²) < 4.78 is 0. The first-order chi connectivity index (χ1) is 24.8. The summed E-state index contributed by atoms with van der Waals surface area (Å²) >= 11 is 0. The van der Waals surface area contributed by atoms with Crippen molar-refractivity contribution in [2.24, 2.45) is 0 Å². The molecule has 0 radical (unpaired) electrons. The zero-order chi connectivity index (χ0) is 32.8. The minimum atomic E-state index is -0.321. The molecule has 0 aromatic heterocycles. The third kappa shape index (κ3) is 3.67. The molecule has 0 unspecified atom stereocenters. The molecule has 8 aromatic carbocycles. The second-order valence-electron chi connectivity index (χ2n) is 14.0. The van der Waals surface area contributed by atoms with E-state index in [9.17, 15) is 0 Å². The van der Waals surface area contributed by atoms with Crippen LogP contribution in [0.25, 0.3) is 55.6 Å². The van der Waals surface area contributed by atoms with Crippen LogP contribution in [0.3, 0.4) is 0 Å². The molecular formula is C49H31B. The highest BCUT2D eigenvalue weighted by Crippen LogP contribution is 2.62. The molecular weight excluding hydrogens is 599 g/mol. The van der Waals surface area contributed by atoms with E-state index in [1.54, 1.807) is 0 Å². The summed E-state index contributed by atoms with van der Waals surface area (Å²) in [4.78, 5) is 0. The standard InChI is InChI=1S/C49H31B/c1-3-13-32(14-4-1)34-23-27-47-41(29-34)42-30-35(33-15-5-2-6-16-33)24-28-48(42)50(47)36-25-26-46-40(31-36)39-19-9-12-22-45(39)49(46)43-20-10-7-17-37(43)38-18-8-11-21-44(38)49/h1-31H. The number of hydrogen-bond acceptors (Lipinski definition) is 0. The lowest BCUT2D eigenvalue weighted by atomic mass is 9.38. The normalized spacial score (nSPS) is 13.7. The van der Waals surface area contributed by atoms with Gasteiger partial charge in [-0.1, -0.05) is 192 Å². The van der Waals surface area contributed by atoms with Crippen LogP contribution < -0.4 is 16.4 Å². The second-order valence-corrected chi connectivity index (χ2v) is 14.0. The average Bonchev–Trinajstić information content (AvgIpc) is 3.79. The molecule has 1 heterocycles. The zero-order valence-corrected chi connectivity index (χ0v) is 27.5. The van der Waals surface area contributed by atoms with Crippen molar-refractivity contribution in [3.8, 4) is 55.6 Å². The third-order valence-electron chi connectivity index (χ3n) is 11.6. The number of rotatable bonds is 3. The van der Waals surface area contributed by atoms with Crippen molar-refractivity contribution in [1.29, 1.82) is 0 Å². The Morgan fingerprint density at radius 2 is 0.700 bits per heavy atom. The lowest BCUT2D eigenvalue weighted by Gasteiger charge is -2.30. The Morgan fingerprint density at radius 1 is 0.280 bits per heavy atom. The van der Waals surface area contributed by atoms with Gasteiger partial charge in [-0.15, -0.1) is 0 Å². The second kappa shape index (κ2) is 10.4. The van der Waals surface area contributed by atoms with Gasteiger partial charge in [0.05, 0.1) is 5.41 Å². The van der Waals surface area contributed by atoms with Crippen molar-refractivity contribution in [2.45, 2.75) is 5.41 Å². The predicted molar refractivity (Wildman–Crippen MR) is 210 cm³/mol. The Hall–Kier alpha value is -6.18. The molecule has 0 N–H and O–H groups in total. The number of benzene rings is 8. The van der Waals surface area contributed by atoms with Gasteiger partial charge < -0.3 is 0 Å². The van der Waals surface area contributed by atoms with Crippen LogP contribution in [0.1, 0.15) is 22.3 Å². The lowest BCUT2D eigenvalue weighted by molar-refractivity contribution is 0.794. The summed E-state index contributed by atoms with van der Waals surface area (Å²) in [6.07, 6.45) is 0. The predicted octanol–water partition coefficient (Wildman–Crippen LogP) is 9.86. The molecule has 50 heavy (non-hydrogen) atoms. The van der Waals surface area contributed by atoms with Crippen molar-refractivity contribution in [3.63, 3.8) is 0 Å². The van der Waals surface area contributed by atoms with Crippen LogP contribution in [0.15, 0.2) is 188 Å². The van der Waals surface area contributed by atoms with Gasteiger partial charge in [0, 0.05) is 0 Å². The highest BCUT2D eigenvalue weighted by Gasteiger charge is 2.51. The van der Waals surface area contributed by atoms with E-state index in [1.165, 1.54) is 94.3 Å². The number of hydrogen-bond donors (Lipinski definition) is 0. The molecule has 0 bridgehead atoms. The summed E-state index contributed by atoms with van der Waals surface area (Å²) in [5.41, 5.74) is 22.4. The maximum absolute atomic E-state index is 2.52. The van der Waals surface area contributed by atoms with Crippen LogP contribution >= 0.6 is 0 Å². The Bertz CT molecular complexity index is 2520. The van der Waals surface area contributed by atoms with Crippen LogP contribution in [0, 0.1) is 0 Å². The van der Waals surface area contributed by atoms with Gasteiger partial charge in [-0.25, -0.2) is 0 Å². The first kappa shape index (κ1) is 27.7. The van der Waals surface area contributed by atoms with Gasteiger partial charge in [0.15, 0.2) is 0 Å². The van der Waals surface area contributed by atoms with E-state index in [4.69, 9.17) is 0 Å². The van der Waals surface area contributed by atoms with Gasteiger partial charge in [0.25, 0.3) is 0 Å². The van der Waals surface area contributed by atoms with E-state index >= 15 is 0 Å². The maximum atomic E-state index is 2.52. The molecule has 1 heteroatoms. The average molecular weight is 631 g/mol. The van der Waals surface area contributed by atoms with Crippen LogP contribution in [-0.4, -0.2) is 6.71 Å². The van der Waals surface area contributed by atoms with E-state index < -0.39 is 0 Å². The molecule has 230 valence electrons. The monoisotopic (exact) mass is 630 g/mol. The van der Waals surface area contributed by atoms with E-state index in [0.29, 0.717) is 0 Å². The van der Waals surface area contributed by atoms with Crippen LogP contribution in [0.4, 0.5) is 0 Å². The minimum Gasteiger partial charge on any atom is -0.0680 e. The fourth-order valence-corrected chi connectivity index (χ4v) is 9.53. The van der Waals surface area contributed by atoms with Gasteiger partial charge in [0.2, 0.25) is 6.71 Å². The Labute approximate surface area is 293 Å². The van der Waals surface area contributed by atoms with E-state index in [-0.39, 0.29) is 12.1 Å². The summed E-state index contributed by atoms with van der Waals surface area (Å²) in [5.74, 6) is 0. The SMILES string of the molecule is c1ccc(-c2ccc3c(c2)-c2cc(-c4ccccc4)ccc2B3c2ccc3c(c2)-c2ccccc2C32c3ccccc3-c3ccccc32)cc1. The summed E-state index contributed by atoms with van der Waals surface area (Å²) in [7, 11) is 0. The molecule has 2 aliphatic carbocycles. The Morgan fingerprint density at radius 3 is 1.20 bits per heavy atom. The van der Waals surface area contributed by atoms with Gasteiger partial charge in [-0.2, -0.15) is 0 Å². The fraction of sp³-hybridized carbons (Fsp3) is 0.0204. The van der Waals surface area contributed by atoms with Crippen molar-refractivity contribution < 1.29 is 0 Å². The van der Waals surface area contributed by atoms with Gasteiger partial charge in [-0.3, -0.25) is 0 Å². The van der Waals surface area contributed by atoms with Crippen molar-refractivity contribution in [2.75, 3.05) is 0 Å². The quantitative estimate of drug-likeness (QED) is 0.171. The van der Waals surface area contributed by atoms with E-state index in [2.05, 4.69) is 188 Å². The maximum Gasteiger partial charge on any atom is 0.242 e. The first-order valence-electron chi connectivity index (χ1n) is 17.6. The lowest BCUT2D eigenvalue weighted by Crippen LogP contribution is -2.49. The molecule has 0 fully saturated rings. The highest BCUT2D eigenvalue weighted by molar-refractivity contribution is 6.99. The molecule has 1 spiro atoms. The topological polar surface area (TPSA) is 0 Å². The highest BCUT2D eigenvalue weighted by atomic mass is 14.5. The van der Waals surface area contributed by atoms with Gasteiger partial charge in [-0.05, 0) is 90.0 Å². The Balaban J connectivity index is 1.14. The molecule has 0 saturated heterocycles. The van der Waals surface area contributed by atoms with Crippen molar-refractivity contribution in [3.05, 3.63) is 210 Å². The van der Waals surface area contributed by atoms with Crippen molar-refractivity contribution in [1.82, 2.24) is 0 Å². The largest absolute Gasteiger partial charge is 0.242 e. The molecule has 0 saturated carbocycles. The molecule has 0 nitrogen and oxygen atoms in total. The molecule has 1 aliphatic heterocycles. The van der Waals surface area contributed by atoms with E-state index in [0.717, 1.165) is 0 Å². The third-order valence-corrected chi connectivity index (χ3v) is 11.6. The van der Waals surface area contributed by atoms with Gasteiger partial charge >= 0.3 is 0 Å². The molecule has 0 amide bonds. The first-order valence-corrected chi connectivity index (χ1v) is 17.6. The summed E-state index contributed by atoms with van der Waals surface area (Å²) in [6.45, 7) is 0.145. The summed E-state index contributed by atoms with van der Waals surface area (Å²) in [6, 6.07) is 70.4. The van der Waals surface area contributed by atoms with Crippen LogP contribution in [-0.2, 0) is 5.41 Å². The van der Waals surface area contributed by atoms with E-state index in [1.807, 2.05) is 0 Å². The fourth-order valence-electron chi connectivity index (χ4n) is 9.53. The molecule has 3 aliphatic rings. The van der Waals surface area contributed by atoms with Crippen LogP contribution in [0.2, 0.25) is 0 Å². The molecule has 11 rings (SSSR count). The molecule has 0 atom stereocenters. The van der Waals surface area contributed by atoms with Crippen molar-refractivity contribution >= 4 is 23.1 Å². The van der Waals surface area contributed by atoms with Gasteiger partial charge in [0.1, 0.15) is 0 Å². The molecule has 8 aromatic rings. The smallest absolute Gasteiger partial charge is 0.0680 e. The number of fused-ring (bicyclic) bond motifs is 13. The minimum absolute atomic E-state index is 0.145. The summed E-state index contributed by atoms with van der Waals surface area (Å²) in [5, 5.41) is 0. The Kier molecular flexibility index (Phi) is 5.78. The zero-order valence-electron chi connectivity index (χ0n) is 27.5.